The highest BCUT2D eigenvalue weighted by atomic mass is 32.1. The van der Waals surface area contributed by atoms with Gasteiger partial charge in [0.15, 0.2) is 6.04 Å². The van der Waals surface area contributed by atoms with Crippen LogP contribution in [0.15, 0.2) is 17.5 Å². The average molecular weight is 314 g/mol. The van der Waals surface area contributed by atoms with Gasteiger partial charge < -0.3 is 20.5 Å². The fourth-order valence-corrected chi connectivity index (χ4v) is 2.46. The smallest absolute Gasteiger partial charge is 0.331 e. The third-order valence-electron chi connectivity index (χ3n) is 2.97. The number of rotatable bonds is 8. The topological polar surface area (TPSA) is 87.7 Å². The summed E-state index contributed by atoms with van der Waals surface area (Å²) in [5.41, 5.74) is 0. The molecule has 2 amide bonds. The van der Waals surface area contributed by atoms with E-state index in [1.165, 1.54) is 11.3 Å². The molecule has 2 unspecified atom stereocenters. The Labute approximate surface area is 128 Å². The van der Waals surface area contributed by atoms with E-state index in [-0.39, 0.29) is 12.0 Å². The molecule has 0 aromatic carbocycles. The number of aliphatic carboxylic acids is 1. The maximum Gasteiger partial charge on any atom is 0.331 e. The summed E-state index contributed by atoms with van der Waals surface area (Å²) in [6.07, 6.45) is 0. The van der Waals surface area contributed by atoms with Crippen LogP contribution < -0.4 is 10.6 Å². The van der Waals surface area contributed by atoms with E-state index >= 15 is 0 Å². The summed E-state index contributed by atoms with van der Waals surface area (Å²) in [6.45, 7) is 6.79. The van der Waals surface area contributed by atoms with Crippen molar-refractivity contribution >= 4 is 23.3 Å². The van der Waals surface area contributed by atoms with Crippen molar-refractivity contribution in [2.24, 2.45) is 5.92 Å². The number of thiophene rings is 1. The fourth-order valence-electron chi connectivity index (χ4n) is 1.70. The monoisotopic (exact) mass is 314 g/mol. The Balaban J connectivity index is 2.63. The van der Waals surface area contributed by atoms with Crippen molar-refractivity contribution in [2.45, 2.75) is 32.9 Å². The van der Waals surface area contributed by atoms with E-state index in [0.29, 0.717) is 18.1 Å². The van der Waals surface area contributed by atoms with E-state index in [1.807, 2.05) is 20.8 Å². The normalized spacial score (nSPS) is 13.7. The minimum Gasteiger partial charge on any atom is -0.479 e. The van der Waals surface area contributed by atoms with Gasteiger partial charge in [-0.15, -0.1) is 11.3 Å². The second-order valence-electron chi connectivity index (χ2n) is 4.91. The van der Waals surface area contributed by atoms with Crippen molar-refractivity contribution in [2.75, 3.05) is 13.2 Å². The van der Waals surface area contributed by atoms with Gasteiger partial charge in [0, 0.05) is 11.5 Å². The zero-order chi connectivity index (χ0) is 15.8. The molecule has 0 bridgehead atoms. The number of hydrogen-bond donors (Lipinski definition) is 3. The quantitative estimate of drug-likeness (QED) is 0.686. The van der Waals surface area contributed by atoms with Crippen LogP contribution in [0.3, 0.4) is 0 Å². The van der Waals surface area contributed by atoms with Gasteiger partial charge in [0.05, 0.1) is 12.6 Å². The van der Waals surface area contributed by atoms with Crippen LogP contribution in [0.5, 0.6) is 0 Å². The number of hydrogen-bond acceptors (Lipinski definition) is 4. The Hall–Kier alpha value is -1.60. The van der Waals surface area contributed by atoms with Crippen LogP contribution in [0.2, 0.25) is 0 Å². The number of ether oxygens (including phenoxy) is 1. The first kappa shape index (κ1) is 17.5. The summed E-state index contributed by atoms with van der Waals surface area (Å²) < 4.78 is 5.33. The highest BCUT2D eigenvalue weighted by Crippen LogP contribution is 2.19. The SMILES string of the molecule is CCOCC(NC(=O)NC(C(=O)O)c1cccs1)C(C)C. The predicted molar refractivity (Wildman–Crippen MR) is 81.5 cm³/mol. The first-order valence-corrected chi connectivity index (χ1v) is 7.74. The van der Waals surface area contributed by atoms with Gasteiger partial charge in [0.2, 0.25) is 0 Å². The average Bonchev–Trinajstić information content (AvgIpc) is 2.93. The number of nitrogens with one attached hydrogen (secondary N) is 2. The number of carbonyl (C=O) groups is 2. The zero-order valence-corrected chi connectivity index (χ0v) is 13.3. The molecule has 0 radical (unpaired) electrons. The number of urea groups is 1. The largest absolute Gasteiger partial charge is 0.479 e. The molecule has 21 heavy (non-hydrogen) atoms. The van der Waals surface area contributed by atoms with Crippen molar-refractivity contribution in [3.8, 4) is 0 Å². The summed E-state index contributed by atoms with van der Waals surface area (Å²) in [5, 5.41) is 16.2. The summed E-state index contributed by atoms with van der Waals surface area (Å²) in [7, 11) is 0. The Bertz CT molecular complexity index is 448. The van der Waals surface area contributed by atoms with E-state index in [2.05, 4.69) is 10.6 Å². The van der Waals surface area contributed by atoms with Gasteiger partial charge in [-0.05, 0) is 24.3 Å². The van der Waals surface area contributed by atoms with Crippen LogP contribution >= 0.6 is 11.3 Å². The zero-order valence-electron chi connectivity index (χ0n) is 12.5. The molecule has 1 heterocycles. The summed E-state index contributed by atoms with van der Waals surface area (Å²) in [6, 6.07) is 1.73. The van der Waals surface area contributed by atoms with Gasteiger partial charge in [-0.1, -0.05) is 19.9 Å². The van der Waals surface area contributed by atoms with Crippen LogP contribution in [0.4, 0.5) is 4.79 Å². The Morgan fingerprint density at radius 2 is 2.10 bits per heavy atom. The lowest BCUT2D eigenvalue weighted by Crippen LogP contribution is -2.48. The molecule has 3 N–H and O–H groups in total. The molecule has 0 aliphatic rings. The lowest BCUT2D eigenvalue weighted by atomic mass is 10.1. The van der Waals surface area contributed by atoms with Gasteiger partial charge in [0.25, 0.3) is 0 Å². The number of amides is 2. The third-order valence-corrected chi connectivity index (χ3v) is 3.91. The van der Waals surface area contributed by atoms with E-state index in [4.69, 9.17) is 4.74 Å². The van der Waals surface area contributed by atoms with Crippen molar-refractivity contribution in [1.29, 1.82) is 0 Å². The molecule has 1 aromatic heterocycles. The lowest BCUT2D eigenvalue weighted by molar-refractivity contribution is -0.139. The molecule has 118 valence electrons. The molecule has 6 nitrogen and oxygen atoms in total. The fraction of sp³-hybridized carbons (Fsp3) is 0.571. The molecule has 0 fully saturated rings. The molecule has 1 rings (SSSR count). The maximum absolute atomic E-state index is 12.0. The minimum atomic E-state index is -1.08. The summed E-state index contributed by atoms with van der Waals surface area (Å²) in [5.74, 6) is -0.897. The second kappa shape index (κ2) is 8.63. The van der Waals surface area contributed by atoms with Crippen molar-refractivity contribution < 1.29 is 19.4 Å². The predicted octanol–water partition coefficient (Wildman–Crippen LogP) is 2.23. The standard InChI is InChI=1S/C14H22N2O4S/c1-4-20-8-10(9(2)3)15-14(19)16-12(13(17)18)11-6-5-7-21-11/h5-7,9-10,12H,4,8H2,1-3H3,(H,17,18)(H2,15,16,19). The van der Waals surface area contributed by atoms with Gasteiger partial charge in [-0.3, -0.25) is 0 Å². The van der Waals surface area contributed by atoms with Gasteiger partial charge in [-0.25, -0.2) is 9.59 Å². The van der Waals surface area contributed by atoms with Crippen LogP contribution in [0.1, 0.15) is 31.7 Å². The molecule has 7 heteroatoms. The Morgan fingerprint density at radius 3 is 2.57 bits per heavy atom. The van der Waals surface area contributed by atoms with Crippen LogP contribution in [-0.4, -0.2) is 36.4 Å². The molecule has 0 aliphatic heterocycles. The Morgan fingerprint density at radius 1 is 1.38 bits per heavy atom. The minimum absolute atomic E-state index is 0.164. The highest BCUT2D eigenvalue weighted by Gasteiger charge is 2.24. The van der Waals surface area contributed by atoms with Crippen LogP contribution in [-0.2, 0) is 9.53 Å². The molecule has 1 aromatic rings. The van der Waals surface area contributed by atoms with E-state index in [0.717, 1.165) is 0 Å². The molecular weight excluding hydrogens is 292 g/mol. The molecule has 0 spiro atoms. The van der Waals surface area contributed by atoms with Gasteiger partial charge in [0.1, 0.15) is 0 Å². The van der Waals surface area contributed by atoms with Gasteiger partial charge in [-0.2, -0.15) is 0 Å². The molecular formula is C14H22N2O4S. The second-order valence-corrected chi connectivity index (χ2v) is 5.89. The van der Waals surface area contributed by atoms with E-state index in [1.54, 1.807) is 17.5 Å². The maximum atomic E-state index is 12.0. The number of carboxylic acids is 1. The Kier molecular flexibility index (Phi) is 7.18. The molecule has 0 aliphatic carbocycles. The number of carbonyl (C=O) groups excluding carboxylic acids is 1. The molecule has 0 saturated heterocycles. The van der Waals surface area contributed by atoms with E-state index < -0.39 is 18.0 Å². The summed E-state index contributed by atoms with van der Waals surface area (Å²) in [4.78, 5) is 23.8. The highest BCUT2D eigenvalue weighted by molar-refractivity contribution is 7.10. The first-order chi connectivity index (χ1) is 9.95. The van der Waals surface area contributed by atoms with Crippen molar-refractivity contribution in [1.82, 2.24) is 10.6 Å². The van der Waals surface area contributed by atoms with Gasteiger partial charge >= 0.3 is 12.0 Å². The lowest BCUT2D eigenvalue weighted by Gasteiger charge is -2.23. The van der Waals surface area contributed by atoms with Crippen molar-refractivity contribution in [3.05, 3.63) is 22.4 Å². The van der Waals surface area contributed by atoms with E-state index in [9.17, 15) is 14.7 Å². The molecule has 2 atom stereocenters. The first-order valence-electron chi connectivity index (χ1n) is 6.86. The summed E-state index contributed by atoms with van der Waals surface area (Å²) >= 11 is 1.29. The number of carboxylic acid groups (broad SMARTS) is 1. The van der Waals surface area contributed by atoms with Crippen molar-refractivity contribution in [3.63, 3.8) is 0 Å². The molecule has 0 saturated carbocycles. The van der Waals surface area contributed by atoms with Crippen LogP contribution in [0, 0.1) is 5.92 Å². The third kappa shape index (κ3) is 5.73. The van der Waals surface area contributed by atoms with Crippen LogP contribution in [0.25, 0.3) is 0 Å².